The molecule has 0 spiro atoms. The summed E-state index contributed by atoms with van der Waals surface area (Å²) in [5, 5.41) is 14.5. The van der Waals surface area contributed by atoms with Gasteiger partial charge in [0, 0.05) is 5.56 Å². The van der Waals surface area contributed by atoms with E-state index in [1.54, 1.807) is 22.9 Å². The van der Waals surface area contributed by atoms with Crippen LogP contribution in [0.4, 0.5) is 13.2 Å². The molecule has 0 bridgehead atoms. The summed E-state index contributed by atoms with van der Waals surface area (Å²) in [6, 6.07) is 8.63. The van der Waals surface area contributed by atoms with Crippen LogP contribution in [-0.2, 0) is 27.6 Å². The molecule has 1 atom stereocenters. The molecular weight excluding hydrogens is 415 g/mol. The Labute approximate surface area is 163 Å². The molecule has 0 aliphatic heterocycles. The fraction of sp³-hybridized carbons (Fsp3) is 0.222. The van der Waals surface area contributed by atoms with E-state index in [1.807, 2.05) is 0 Å². The summed E-state index contributed by atoms with van der Waals surface area (Å²) in [6.07, 6.45) is -3.13. The van der Waals surface area contributed by atoms with Crippen molar-refractivity contribution in [1.29, 1.82) is 0 Å². The van der Waals surface area contributed by atoms with Gasteiger partial charge in [0.15, 0.2) is 5.60 Å². The maximum absolute atomic E-state index is 12.6. The van der Waals surface area contributed by atoms with E-state index < -0.39 is 33.1 Å². The number of halogens is 3. The lowest BCUT2D eigenvalue weighted by Gasteiger charge is -2.25. The van der Waals surface area contributed by atoms with Crippen LogP contribution in [0.15, 0.2) is 63.9 Å². The Balaban J connectivity index is 1.74. The molecule has 0 unspecified atom stereocenters. The van der Waals surface area contributed by atoms with Crippen molar-refractivity contribution in [2.45, 2.75) is 17.5 Å². The number of thiophene rings is 1. The van der Waals surface area contributed by atoms with Crippen LogP contribution in [-0.4, -0.2) is 20.1 Å². The third-order valence-corrected chi connectivity index (χ3v) is 6.09. The van der Waals surface area contributed by atoms with Gasteiger partial charge in [0.25, 0.3) is 0 Å². The van der Waals surface area contributed by atoms with Gasteiger partial charge >= 0.3 is 6.18 Å². The minimum Gasteiger partial charge on any atom is -0.466 e. The highest BCUT2D eigenvalue weighted by atomic mass is 32.2. The van der Waals surface area contributed by atoms with Crippen LogP contribution in [0, 0.1) is 0 Å². The first-order chi connectivity index (χ1) is 13.1. The summed E-state index contributed by atoms with van der Waals surface area (Å²) >= 11 is 1.33. The van der Waals surface area contributed by atoms with Crippen molar-refractivity contribution >= 4 is 21.4 Å². The van der Waals surface area contributed by atoms with Gasteiger partial charge in [0.05, 0.1) is 24.1 Å². The van der Waals surface area contributed by atoms with Crippen LogP contribution < -0.4 is 4.72 Å². The molecule has 2 heterocycles. The van der Waals surface area contributed by atoms with Crippen LogP contribution in [0.5, 0.6) is 0 Å². The lowest BCUT2D eigenvalue weighted by atomic mass is 9.94. The second kappa shape index (κ2) is 7.70. The van der Waals surface area contributed by atoms with E-state index in [4.69, 9.17) is 4.42 Å². The van der Waals surface area contributed by atoms with Crippen LogP contribution in [0.3, 0.4) is 0 Å². The molecule has 0 saturated carbocycles. The summed E-state index contributed by atoms with van der Waals surface area (Å²) < 4.78 is 70.2. The number of nitrogens with one attached hydrogen (secondary N) is 1. The second-order valence-corrected chi connectivity index (χ2v) is 8.71. The Bertz CT molecular complexity index is 962. The van der Waals surface area contributed by atoms with Crippen molar-refractivity contribution in [2.24, 2.45) is 0 Å². The van der Waals surface area contributed by atoms with E-state index in [2.05, 4.69) is 4.72 Å². The van der Waals surface area contributed by atoms with Crippen molar-refractivity contribution in [3.05, 3.63) is 81.9 Å². The van der Waals surface area contributed by atoms with E-state index in [0.29, 0.717) is 5.56 Å². The van der Waals surface area contributed by atoms with Crippen LogP contribution in [0.2, 0.25) is 0 Å². The van der Waals surface area contributed by atoms with Gasteiger partial charge in [-0.1, -0.05) is 12.1 Å². The lowest BCUT2D eigenvalue weighted by Crippen LogP contribution is -2.41. The van der Waals surface area contributed by atoms with Crippen molar-refractivity contribution in [1.82, 2.24) is 4.72 Å². The first-order valence-corrected chi connectivity index (χ1v) is 10.6. The number of hydrogen-bond acceptors (Lipinski definition) is 5. The topological polar surface area (TPSA) is 79.5 Å². The molecule has 5 nitrogen and oxygen atoms in total. The van der Waals surface area contributed by atoms with Gasteiger partial charge in [-0.15, -0.1) is 0 Å². The standard InChI is InChI=1S/C18H16F3NO4S2/c19-18(20,21)14-5-3-13(4-6-14)11-28(24,25)22-12-17(23,15-7-9-27-10-15)16-2-1-8-26-16/h1-10,22-23H,11-12H2/t17-/m0/s1. The quantitative estimate of drug-likeness (QED) is 0.598. The molecule has 1 aromatic carbocycles. The van der Waals surface area contributed by atoms with Crippen LogP contribution in [0.1, 0.15) is 22.5 Å². The Morgan fingerprint density at radius 2 is 1.79 bits per heavy atom. The average molecular weight is 431 g/mol. The zero-order valence-electron chi connectivity index (χ0n) is 14.3. The summed E-state index contributed by atoms with van der Waals surface area (Å²) in [7, 11) is -3.93. The van der Waals surface area contributed by atoms with E-state index in [1.165, 1.54) is 23.7 Å². The Morgan fingerprint density at radius 3 is 2.32 bits per heavy atom. The molecule has 0 amide bonds. The molecule has 0 aliphatic rings. The van der Waals surface area contributed by atoms with Crippen LogP contribution >= 0.6 is 11.3 Å². The van der Waals surface area contributed by atoms with Crippen molar-refractivity contribution in [3.63, 3.8) is 0 Å². The number of alkyl halides is 3. The van der Waals surface area contributed by atoms with Gasteiger partial charge in [0.1, 0.15) is 5.76 Å². The average Bonchev–Trinajstić information content (AvgIpc) is 3.33. The SMILES string of the molecule is O=S(=O)(Cc1ccc(C(F)(F)F)cc1)NC[C@](O)(c1ccsc1)c1ccco1. The fourth-order valence-corrected chi connectivity index (χ4v) is 4.51. The fourth-order valence-electron chi connectivity index (χ4n) is 2.62. The Morgan fingerprint density at radius 1 is 1.07 bits per heavy atom. The maximum atomic E-state index is 12.6. The van der Waals surface area contributed by atoms with Gasteiger partial charge in [-0.2, -0.15) is 24.5 Å². The van der Waals surface area contributed by atoms with Gasteiger partial charge < -0.3 is 9.52 Å². The monoisotopic (exact) mass is 431 g/mol. The normalized spacial score (nSPS) is 14.7. The van der Waals surface area contributed by atoms with E-state index in [9.17, 15) is 26.7 Å². The number of hydrogen-bond donors (Lipinski definition) is 2. The smallest absolute Gasteiger partial charge is 0.416 e. The van der Waals surface area contributed by atoms with Gasteiger partial charge in [0.2, 0.25) is 10.0 Å². The molecule has 0 aliphatic carbocycles. The number of benzene rings is 1. The first kappa shape index (κ1) is 20.6. The molecule has 0 saturated heterocycles. The van der Waals surface area contributed by atoms with E-state index in [0.717, 1.165) is 24.3 Å². The highest BCUT2D eigenvalue weighted by Crippen LogP contribution is 2.32. The lowest BCUT2D eigenvalue weighted by molar-refractivity contribution is -0.137. The number of rotatable bonds is 7. The summed E-state index contributed by atoms with van der Waals surface area (Å²) in [6.45, 7) is -0.389. The highest BCUT2D eigenvalue weighted by Gasteiger charge is 2.36. The molecular formula is C18H16F3NO4S2. The maximum Gasteiger partial charge on any atom is 0.416 e. The Hall–Kier alpha value is -2.14. The molecule has 0 radical (unpaired) electrons. The van der Waals surface area contributed by atoms with Gasteiger partial charge in [-0.25, -0.2) is 13.1 Å². The first-order valence-electron chi connectivity index (χ1n) is 8.03. The predicted molar refractivity (Wildman–Crippen MR) is 98.1 cm³/mol. The van der Waals surface area contributed by atoms with Crippen LogP contribution in [0.25, 0.3) is 0 Å². The number of furan rings is 1. The number of sulfonamides is 1. The van der Waals surface area contributed by atoms with Crippen molar-refractivity contribution in [2.75, 3.05) is 6.54 Å². The minimum absolute atomic E-state index is 0.170. The van der Waals surface area contributed by atoms with E-state index >= 15 is 0 Å². The molecule has 28 heavy (non-hydrogen) atoms. The predicted octanol–water partition coefficient (Wildman–Crippen LogP) is 3.72. The molecule has 3 rings (SSSR count). The third-order valence-electron chi connectivity index (χ3n) is 4.11. The second-order valence-electron chi connectivity index (χ2n) is 6.12. The highest BCUT2D eigenvalue weighted by molar-refractivity contribution is 7.88. The Kier molecular flexibility index (Phi) is 5.67. The zero-order chi connectivity index (χ0) is 20.4. The molecule has 0 fully saturated rings. The van der Waals surface area contributed by atoms with Gasteiger partial charge in [-0.05, 0) is 46.7 Å². The number of aliphatic hydroxyl groups is 1. The van der Waals surface area contributed by atoms with Crippen molar-refractivity contribution in [3.8, 4) is 0 Å². The molecule has 2 N–H and O–H groups in total. The summed E-state index contributed by atoms with van der Waals surface area (Å²) in [4.78, 5) is 0. The third kappa shape index (κ3) is 4.64. The van der Waals surface area contributed by atoms with E-state index in [-0.39, 0.29) is 17.9 Å². The molecule has 10 heteroatoms. The van der Waals surface area contributed by atoms with Gasteiger partial charge in [-0.3, -0.25) is 0 Å². The molecule has 150 valence electrons. The molecule has 3 aromatic rings. The van der Waals surface area contributed by atoms with Crippen molar-refractivity contribution < 1.29 is 31.1 Å². The zero-order valence-corrected chi connectivity index (χ0v) is 15.9. The summed E-state index contributed by atoms with van der Waals surface area (Å²) in [5.74, 6) is -0.355. The largest absolute Gasteiger partial charge is 0.466 e. The minimum atomic E-state index is -4.49. The summed E-state index contributed by atoms with van der Waals surface area (Å²) in [5.41, 5.74) is -1.91. The molecule has 2 aromatic heterocycles.